The molecule has 0 radical (unpaired) electrons. The highest BCUT2D eigenvalue weighted by Gasteiger charge is 2.23. The van der Waals surface area contributed by atoms with Crippen molar-refractivity contribution in [1.29, 1.82) is 0 Å². The van der Waals surface area contributed by atoms with Crippen LogP contribution in [-0.2, 0) is 20.7 Å². The number of carboxylic acid groups (broad SMARTS) is 1. The van der Waals surface area contributed by atoms with Crippen molar-refractivity contribution in [2.45, 2.75) is 25.4 Å². The maximum Gasteiger partial charge on any atom is 0.329 e. The second-order valence-corrected chi connectivity index (χ2v) is 6.01. The van der Waals surface area contributed by atoms with Gasteiger partial charge in [0.05, 0.1) is 12.5 Å². The highest BCUT2D eigenvalue weighted by molar-refractivity contribution is 9.10. The van der Waals surface area contributed by atoms with Gasteiger partial charge in [-0.15, -0.1) is 0 Å². The van der Waals surface area contributed by atoms with Crippen LogP contribution in [0.2, 0.25) is 0 Å². The van der Waals surface area contributed by atoms with E-state index in [1.807, 2.05) is 29.2 Å². The van der Waals surface area contributed by atoms with E-state index in [4.69, 9.17) is 9.84 Å². The van der Waals surface area contributed by atoms with Gasteiger partial charge in [0.25, 0.3) is 0 Å². The van der Waals surface area contributed by atoms with E-state index >= 15 is 0 Å². The predicted octanol–water partition coefficient (Wildman–Crippen LogP) is 2.08. The Hall–Kier alpha value is -1.40. The zero-order chi connectivity index (χ0) is 15.2. The number of rotatable bonds is 5. The molecule has 114 valence electrons. The molecule has 0 saturated carbocycles. The van der Waals surface area contributed by atoms with Gasteiger partial charge < -0.3 is 14.7 Å². The van der Waals surface area contributed by atoms with Gasteiger partial charge in [-0.3, -0.25) is 4.79 Å². The van der Waals surface area contributed by atoms with Gasteiger partial charge in [-0.25, -0.2) is 4.79 Å². The molecule has 1 aliphatic rings. The number of amides is 1. The average Bonchev–Trinajstić information content (AvgIpc) is 2.45. The van der Waals surface area contributed by atoms with Crippen LogP contribution in [0.4, 0.5) is 0 Å². The number of benzene rings is 1. The summed E-state index contributed by atoms with van der Waals surface area (Å²) in [6.45, 7) is 0.977. The SMILES string of the molecule is O=C(O)COC1CCN(C(=O)Cc2cccc(Br)c2)CC1. The Kier molecular flexibility index (Phi) is 5.76. The van der Waals surface area contributed by atoms with E-state index in [0.29, 0.717) is 32.4 Å². The molecule has 1 saturated heterocycles. The predicted molar refractivity (Wildman–Crippen MR) is 81.0 cm³/mol. The lowest BCUT2D eigenvalue weighted by molar-refractivity contribution is -0.146. The van der Waals surface area contributed by atoms with Gasteiger partial charge >= 0.3 is 5.97 Å². The highest BCUT2D eigenvalue weighted by Crippen LogP contribution is 2.16. The van der Waals surface area contributed by atoms with Crippen LogP contribution in [0.25, 0.3) is 0 Å². The van der Waals surface area contributed by atoms with Crippen LogP contribution < -0.4 is 0 Å². The monoisotopic (exact) mass is 355 g/mol. The summed E-state index contributed by atoms with van der Waals surface area (Å²) in [5, 5.41) is 8.58. The van der Waals surface area contributed by atoms with Crippen LogP contribution in [0, 0.1) is 0 Å². The van der Waals surface area contributed by atoms with Crippen LogP contribution in [0.1, 0.15) is 18.4 Å². The molecule has 2 rings (SSSR count). The average molecular weight is 356 g/mol. The number of likely N-dealkylation sites (tertiary alicyclic amines) is 1. The van der Waals surface area contributed by atoms with E-state index in [1.54, 1.807) is 0 Å². The van der Waals surface area contributed by atoms with E-state index in [9.17, 15) is 9.59 Å². The molecule has 1 aromatic rings. The molecule has 0 unspecified atom stereocenters. The molecule has 5 nitrogen and oxygen atoms in total. The fourth-order valence-electron chi connectivity index (χ4n) is 2.39. The molecule has 1 amide bonds. The lowest BCUT2D eigenvalue weighted by Gasteiger charge is -2.31. The third-order valence-corrected chi connectivity index (χ3v) is 3.97. The van der Waals surface area contributed by atoms with Crippen LogP contribution in [0.5, 0.6) is 0 Å². The number of piperidine rings is 1. The molecule has 1 heterocycles. The third-order valence-electron chi connectivity index (χ3n) is 3.48. The van der Waals surface area contributed by atoms with Gasteiger partial charge in [-0.1, -0.05) is 28.1 Å². The number of ether oxygens (including phenoxy) is 1. The summed E-state index contributed by atoms with van der Waals surface area (Å²) < 4.78 is 6.23. The summed E-state index contributed by atoms with van der Waals surface area (Å²) in [6, 6.07) is 7.73. The first kappa shape index (κ1) is 16.0. The van der Waals surface area contributed by atoms with Crippen molar-refractivity contribution >= 4 is 27.8 Å². The topological polar surface area (TPSA) is 66.8 Å². The molecule has 0 atom stereocenters. The second kappa shape index (κ2) is 7.56. The summed E-state index contributed by atoms with van der Waals surface area (Å²) >= 11 is 3.40. The lowest BCUT2D eigenvalue weighted by Crippen LogP contribution is -2.41. The van der Waals surface area contributed by atoms with Gasteiger partial charge in [0.1, 0.15) is 6.61 Å². The molecular formula is C15H18BrNO4. The first-order valence-corrected chi connectivity index (χ1v) is 7.69. The van der Waals surface area contributed by atoms with Gasteiger partial charge in [0.15, 0.2) is 0 Å². The van der Waals surface area contributed by atoms with Crippen molar-refractivity contribution in [3.63, 3.8) is 0 Å². The number of carboxylic acids is 1. The van der Waals surface area contributed by atoms with Crippen LogP contribution >= 0.6 is 15.9 Å². The number of carbonyl (C=O) groups excluding carboxylic acids is 1. The smallest absolute Gasteiger partial charge is 0.329 e. The largest absolute Gasteiger partial charge is 0.480 e. The number of hydrogen-bond donors (Lipinski definition) is 1. The molecule has 0 aromatic heterocycles. The summed E-state index contributed by atoms with van der Waals surface area (Å²) in [4.78, 5) is 24.5. The zero-order valence-electron chi connectivity index (χ0n) is 11.6. The Bertz CT molecular complexity index is 512. The molecule has 1 aromatic carbocycles. The maximum atomic E-state index is 12.2. The Morgan fingerprint density at radius 1 is 1.33 bits per heavy atom. The van der Waals surface area contributed by atoms with Crippen LogP contribution in [0.3, 0.4) is 0 Å². The minimum atomic E-state index is -0.955. The molecule has 0 spiro atoms. The summed E-state index contributed by atoms with van der Waals surface area (Å²) in [6.07, 6.45) is 1.71. The minimum Gasteiger partial charge on any atom is -0.480 e. The Labute approximate surface area is 132 Å². The summed E-state index contributed by atoms with van der Waals surface area (Å²) in [7, 11) is 0. The van der Waals surface area contributed by atoms with Crippen molar-refractivity contribution < 1.29 is 19.4 Å². The van der Waals surface area contributed by atoms with E-state index in [-0.39, 0.29) is 18.6 Å². The summed E-state index contributed by atoms with van der Waals surface area (Å²) in [5.74, 6) is -0.854. The maximum absolute atomic E-state index is 12.2. The van der Waals surface area contributed by atoms with Gasteiger partial charge in [0, 0.05) is 17.6 Å². The quantitative estimate of drug-likeness (QED) is 0.877. The van der Waals surface area contributed by atoms with Gasteiger partial charge in [0.2, 0.25) is 5.91 Å². The molecule has 0 bridgehead atoms. The fourth-order valence-corrected chi connectivity index (χ4v) is 2.84. The van der Waals surface area contributed by atoms with Gasteiger partial charge in [-0.2, -0.15) is 0 Å². The number of carbonyl (C=O) groups is 2. The molecule has 1 fully saturated rings. The summed E-state index contributed by atoms with van der Waals surface area (Å²) in [5.41, 5.74) is 0.985. The standard InChI is InChI=1S/C15H18BrNO4/c16-12-3-1-2-11(8-12)9-14(18)17-6-4-13(5-7-17)21-10-15(19)20/h1-3,8,13H,4-7,9-10H2,(H,19,20). The van der Waals surface area contributed by atoms with Crippen molar-refractivity contribution in [2.75, 3.05) is 19.7 Å². The van der Waals surface area contributed by atoms with Crippen LogP contribution in [-0.4, -0.2) is 47.7 Å². The molecule has 0 aliphatic carbocycles. The molecule has 1 N–H and O–H groups in total. The van der Waals surface area contributed by atoms with E-state index in [0.717, 1.165) is 10.0 Å². The molecule has 1 aliphatic heterocycles. The van der Waals surface area contributed by atoms with E-state index in [2.05, 4.69) is 15.9 Å². The second-order valence-electron chi connectivity index (χ2n) is 5.09. The first-order chi connectivity index (χ1) is 10.0. The normalized spacial score (nSPS) is 16.0. The van der Waals surface area contributed by atoms with Crippen molar-refractivity contribution in [2.24, 2.45) is 0 Å². The Morgan fingerprint density at radius 3 is 2.67 bits per heavy atom. The first-order valence-electron chi connectivity index (χ1n) is 6.90. The lowest BCUT2D eigenvalue weighted by atomic mass is 10.1. The van der Waals surface area contributed by atoms with E-state index < -0.39 is 5.97 Å². The number of halogens is 1. The molecular weight excluding hydrogens is 338 g/mol. The van der Waals surface area contributed by atoms with Gasteiger partial charge in [-0.05, 0) is 30.5 Å². The number of hydrogen-bond acceptors (Lipinski definition) is 3. The zero-order valence-corrected chi connectivity index (χ0v) is 13.2. The fraction of sp³-hybridized carbons (Fsp3) is 0.467. The Morgan fingerprint density at radius 2 is 2.05 bits per heavy atom. The molecule has 6 heteroatoms. The third kappa shape index (κ3) is 5.13. The minimum absolute atomic E-state index is 0.0592. The van der Waals surface area contributed by atoms with Crippen molar-refractivity contribution in [3.8, 4) is 0 Å². The Balaban J connectivity index is 1.79. The van der Waals surface area contributed by atoms with E-state index in [1.165, 1.54) is 0 Å². The molecule has 21 heavy (non-hydrogen) atoms. The highest BCUT2D eigenvalue weighted by atomic mass is 79.9. The van der Waals surface area contributed by atoms with Crippen molar-refractivity contribution in [3.05, 3.63) is 34.3 Å². The number of nitrogens with zero attached hydrogens (tertiary/aromatic N) is 1. The number of aliphatic carboxylic acids is 1. The van der Waals surface area contributed by atoms with Crippen LogP contribution in [0.15, 0.2) is 28.7 Å². The van der Waals surface area contributed by atoms with Crippen molar-refractivity contribution in [1.82, 2.24) is 4.90 Å².